The number of ether oxygens (including phenoxy) is 1. The van der Waals surface area contributed by atoms with Crippen molar-refractivity contribution >= 4 is 21.6 Å². The molecule has 1 aliphatic heterocycles. The Bertz CT molecular complexity index is 879. The zero-order chi connectivity index (χ0) is 23.5. The quantitative estimate of drug-likeness (QED) is 0.670. The number of rotatable bonds is 6. The maximum absolute atomic E-state index is 13.0. The highest BCUT2D eigenvalue weighted by atomic mass is 32.2. The minimum Gasteiger partial charge on any atom is -0.385 e. The van der Waals surface area contributed by atoms with Crippen molar-refractivity contribution < 1.29 is 17.9 Å². The minimum atomic E-state index is -3.31. The van der Waals surface area contributed by atoms with Crippen molar-refractivity contribution in [1.82, 2.24) is 9.62 Å². The van der Waals surface area contributed by atoms with E-state index in [0.29, 0.717) is 24.6 Å². The number of anilines is 1. The summed E-state index contributed by atoms with van der Waals surface area (Å²) >= 11 is 0. The third-order valence-electron chi connectivity index (χ3n) is 6.39. The maximum Gasteiger partial charge on any atom is 0.254 e. The third-order valence-corrected chi connectivity index (χ3v) is 8.64. The zero-order valence-electron chi connectivity index (χ0n) is 20.1. The summed E-state index contributed by atoms with van der Waals surface area (Å²) in [6.45, 7) is 11.2. The molecule has 0 aromatic heterocycles. The second-order valence-electron chi connectivity index (χ2n) is 10.4. The van der Waals surface area contributed by atoms with E-state index in [4.69, 9.17) is 4.74 Å². The van der Waals surface area contributed by atoms with Crippen molar-refractivity contribution in [2.24, 2.45) is 5.92 Å². The number of morpholine rings is 1. The second-order valence-corrected chi connectivity index (χ2v) is 12.8. The van der Waals surface area contributed by atoms with Gasteiger partial charge in [0.05, 0.1) is 17.0 Å². The van der Waals surface area contributed by atoms with Crippen molar-refractivity contribution in [2.45, 2.75) is 83.3 Å². The van der Waals surface area contributed by atoms with Crippen LogP contribution in [0.3, 0.4) is 0 Å². The Hall–Kier alpha value is -1.64. The molecule has 1 amide bonds. The van der Waals surface area contributed by atoms with E-state index in [-0.39, 0.29) is 24.2 Å². The van der Waals surface area contributed by atoms with E-state index < -0.39 is 14.8 Å². The van der Waals surface area contributed by atoms with Crippen molar-refractivity contribution in [2.75, 3.05) is 25.0 Å². The van der Waals surface area contributed by atoms with Gasteiger partial charge in [0.2, 0.25) is 10.0 Å². The number of carbonyl (C=O) groups is 1. The summed E-state index contributed by atoms with van der Waals surface area (Å²) < 4.78 is 32.6. The van der Waals surface area contributed by atoms with Gasteiger partial charge in [-0.15, -0.1) is 0 Å². The van der Waals surface area contributed by atoms with Crippen LogP contribution >= 0.6 is 0 Å². The molecule has 7 nitrogen and oxygen atoms in total. The highest BCUT2D eigenvalue weighted by molar-refractivity contribution is 7.90. The van der Waals surface area contributed by atoms with Gasteiger partial charge in [-0.05, 0) is 84.4 Å². The van der Waals surface area contributed by atoms with Gasteiger partial charge in [0.1, 0.15) is 0 Å². The van der Waals surface area contributed by atoms with E-state index in [0.717, 1.165) is 37.9 Å². The molecule has 1 heterocycles. The van der Waals surface area contributed by atoms with Crippen LogP contribution in [0.25, 0.3) is 0 Å². The van der Waals surface area contributed by atoms with Gasteiger partial charge in [-0.25, -0.2) is 13.1 Å². The molecule has 0 radical (unpaired) electrons. The average molecular weight is 466 g/mol. The molecule has 1 saturated carbocycles. The molecule has 2 aliphatic rings. The van der Waals surface area contributed by atoms with Crippen LogP contribution in [-0.2, 0) is 14.8 Å². The minimum absolute atomic E-state index is 0.0229. The Morgan fingerprint density at radius 1 is 1.09 bits per heavy atom. The predicted octanol–water partition coefficient (Wildman–Crippen LogP) is 3.62. The lowest BCUT2D eigenvalue weighted by molar-refractivity contribution is -0.0586. The lowest BCUT2D eigenvalue weighted by Gasteiger charge is -2.35. The Balaban J connectivity index is 1.49. The summed E-state index contributed by atoms with van der Waals surface area (Å²) in [4.78, 5) is 14.8. The summed E-state index contributed by atoms with van der Waals surface area (Å²) in [7, 11) is -3.31. The number of sulfonamides is 1. The highest BCUT2D eigenvalue weighted by Gasteiger charge is 2.33. The summed E-state index contributed by atoms with van der Waals surface area (Å²) in [6.07, 6.45) is 3.76. The normalized spacial score (nSPS) is 27.2. The molecule has 8 heteroatoms. The predicted molar refractivity (Wildman–Crippen MR) is 128 cm³/mol. The van der Waals surface area contributed by atoms with Crippen LogP contribution in [0, 0.1) is 5.92 Å². The third kappa shape index (κ3) is 6.45. The molecule has 1 aromatic rings. The van der Waals surface area contributed by atoms with Crippen molar-refractivity contribution in [3.05, 3.63) is 29.8 Å². The fraction of sp³-hybridized carbons (Fsp3) is 0.708. The molecular weight excluding hydrogens is 426 g/mol. The molecule has 2 fully saturated rings. The van der Waals surface area contributed by atoms with Gasteiger partial charge in [0.15, 0.2) is 0 Å². The van der Waals surface area contributed by atoms with Gasteiger partial charge >= 0.3 is 0 Å². The summed E-state index contributed by atoms with van der Waals surface area (Å²) in [5.41, 5.74) is 1.64. The topological polar surface area (TPSA) is 87.7 Å². The molecule has 1 aliphatic carbocycles. The van der Waals surface area contributed by atoms with Crippen LogP contribution in [0.2, 0.25) is 0 Å². The van der Waals surface area contributed by atoms with Crippen LogP contribution < -0.4 is 10.0 Å². The zero-order valence-corrected chi connectivity index (χ0v) is 20.9. The van der Waals surface area contributed by atoms with Gasteiger partial charge in [0.25, 0.3) is 5.91 Å². The van der Waals surface area contributed by atoms with E-state index in [1.165, 1.54) is 0 Å². The number of benzene rings is 1. The highest BCUT2D eigenvalue weighted by Crippen LogP contribution is 2.27. The van der Waals surface area contributed by atoms with Crippen molar-refractivity contribution in [3.63, 3.8) is 0 Å². The summed E-state index contributed by atoms with van der Waals surface area (Å²) in [5, 5.41) is 3.48. The Morgan fingerprint density at radius 2 is 1.72 bits per heavy atom. The molecule has 1 saturated heterocycles. The summed E-state index contributed by atoms with van der Waals surface area (Å²) in [5.74, 6) is 0.535. The number of nitrogens with zero attached hydrogens (tertiary/aromatic N) is 1. The van der Waals surface area contributed by atoms with E-state index in [9.17, 15) is 13.2 Å². The molecule has 2 atom stereocenters. The monoisotopic (exact) mass is 465 g/mol. The maximum atomic E-state index is 13.0. The standard InChI is InChI=1S/C24H39N3O4S/c1-17-15-27(16-18(2)31-17)23(28)20-7-6-8-22(13-20)25-14-19-9-11-21(12-10-19)26-32(29,30)24(3,4)5/h6-8,13,17-19,21,25-26H,9-12,14-16H2,1-5H3/t17-,18+,19?,21?. The van der Waals surface area contributed by atoms with E-state index in [1.54, 1.807) is 20.8 Å². The van der Waals surface area contributed by atoms with Gasteiger partial charge in [-0.2, -0.15) is 0 Å². The van der Waals surface area contributed by atoms with Crippen LogP contribution in [0.1, 0.15) is 70.7 Å². The molecule has 0 unspecified atom stereocenters. The molecule has 0 bridgehead atoms. The van der Waals surface area contributed by atoms with Gasteiger partial charge in [-0.3, -0.25) is 4.79 Å². The largest absolute Gasteiger partial charge is 0.385 e. The number of hydrogen-bond donors (Lipinski definition) is 2. The SMILES string of the molecule is C[C@@H]1CN(C(=O)c2cccc(NCC3CCC(NS(=O)(=O)C(C)(C)C)CC3)c2)C[C@H](C)O1. The Kier molecular flexibility index (Phi) is 7.89. The molecule has 180 valence electrons. The van der Waals surface area contributed by atoms with Crippen LogP contribution in [0.5, 0.6) is 0 Å². The number of hydrogen-bond acceptors (Lipinski definition) is 5. The Labute approximate surface area is 193 Å². The molecule has 1 aromatic carbocycles. The lowest BCUT2D eigenvalue weighted by Crippen LogP contribution is -2.48. The van der Waals surface area contributed by atoms with Crippen LogP contribution in [0.15, 0.2) is 24.3 Å². The first kappa shape index (κ1) is 25.0. The number of amides is 1. The van der Waals surface area contributed by atoms with Gasteiger partial charge in [0, 0.05) is 36.9 Å². The fourth-order valence-corrected chi connectivity index (χ4v) is 5.46. The van der Waals surface area contributed by atoms with Crippen molar-refractivity contribution in [3.8, 4) is 0 Å². The first-order chi connectivity index (χ1) is 14.9. The second kappa shape index (κ2) is 10.1. The summed E-state index contributed by atoms with van der Waals surface area (Å²) in [6, 6.07) is 7.72. The molecular formula is C24H39N3O4S. The van der Waals surface area contributed by atoms with Crippen LogP contribution in [0.4, 0.5) is 5.69 Å². The van der Waals surface area contributed by atoms with Gasteiger partial charge in [-0.1, -0.05) is 6.07 Å². The molecule has 0 spiro atoms. The van der Waals surface area contributed by atoms with E-state index in [2.05, 4.69) is 10.0 Å². The Morgan fingerprint density at radius 3 is 2.31 bits per heavy atom. The van der Waals surface area contributed by atoms with Gasteiger partial charge < -0.3 is 15.0 Å². The molecule has 3 rings (SSSR count). The van der Waals surface area contributed by atoms with E-state index >= 15 is 0 Å². The number of nitrogens with one attached hydrogen (secondary N) is 2. The number of carbonyl (C=O) groups excluding carboxylic acids is 1. The molecule has 2 N–H and O–H groups in total. The lowest BCUT2D eigenvalue weighted by atomic mass is 9.86. The van der Waals surface area contributed by atoms with Crippen LogP contribution in [-0.4, -0.2) is 61.9 Å². The molecule has 32 heavy (non-hydrogen) atoms. The fourth-order valence-electron chi connectivity index (χ4n) is 4.43. The van der Waals surface area contributed by atoms with Crippen molar-refractivity contribution in [1.29, 1.82) is 0 Å². The first-order valence-electron chi connectivity index (χ1n) is 11.7. The smallest absolute Gasteiger partial charge is 0.254 e. The van der Waals surface area contributed by atoms with E-state index in [1.807, 2.05) is 43.0 Å². The average Bonchev–Trinajstić information content (AvgIpc) is 2.71. The first-order valence-corrected chi connectivity index (χ1v) is 13.2.